The Labute approximate surface area is 99.9 Å². The van der Waals surface area contributed by atoms with E-state index < -0.39 is 5.97 Å². The van der Waals surface area contributed by atoms with Crippen LogP contribution in [0.2, 0.25) is 0 Å². The molecule has 0 atom stereocenters. The lowest BCUT2D eigenvalue weighted by molar-refractivity contribution is -0.136. The fraction of sp³-hybridized carbons (Fsp3) is 0.385. The van der Waals surface area contributed by atoms with E-state index in [4.69, 9.17) is 5.11 Å². The number of aryl methyl sites for hydroxylation is 1. The first-order valence-electron chi connectivity index (χ1n) is 5.69. The van der Waals surface area contributed by atoms with Crippen molar-refractivity contribution in [3.8, 4) is 0 Å². The van der Waals surface area contributed by atoms with Crippen LogP contribution in [-0.2, 0) is 11.2 Å². The monoisotopic (exact) mass is 232 g/mol. The highest BCUT2D eigenvalue weighted by atomic mass is 16.4. The molecule has 0 aliphatic carbocycles. The maximum atomic E-state index is 10.8. The zero-order chi connectivity index (χ0) is 12.6. The Bertz CT molecular complexity index is 570. The summed E-state index contributed by atoms with van der Waals surface area (Å²) in [4.78, 5) is 15.4. The van der Waals surface area contributed by atoms with Crippen LogP contribution in [0.3, 0.4) is 0 Å². The number of pyridine rings is 1. The number of carboxylic acid groups (broad SMARTS) is 1. The number of aromatic nitrogens is 2. The van der Waals surface area contributed by atoms with Gasteiger partial charge in [-0.15, -0.1) is 0 Å². The van der Waals surface area contributed by atoms with Gasteiger partial charge in [-0.1, -0.05) is 19.9 Å². The Kier molecular flexibility index (Phi) is 2.88. The fourth-order valence-electron chi connectivity index (χ4n) is 2.11. The summed E-state index contributed by atoms with van der Waals surface area (Å²) in [7, 11) is 0. The van der Waals surface area contributed by atoms with Gasteiger partial charge in [0, 0.05) is 17.5 Å². The Balaban J connectivity index is 2.64. The van der Waals surface area contributed by atoms with E-state index in [0.29, 0.717) is 5.92 Å². The van der Waals surface area contributed by atoms with Crippen molar-refractivity contribution < 1.29 is 9.90 Å². The first kappa shape index (κ1) is 11.6. The second-order valence-electron chi connectivity index (χ2n) is 4.53. The number of fused-ring (bicyclic) bond motifs is 1. The molecule has 2 aromatic rings. The molecule has 0 amide bonds. The highest BCUT2D eigenvalue weighted by Gasteiger charge is 2.14. The standard InChI is InChI=1S/C13H16N2O2/c1-8(2)12-9(3)15-6-4-5-10(7-11(16)17)13(15)14-12/h4-6,8H,7H2,1-3H3,(H,16,17). The van der Waals surface area contributed by atoms with E-state index in [2.05, 4.69) is 18.8 Å². The predicted octanol–water partition coefficient (Wildman–Crippen LogP) is 2.39. The molecule has 2 rings (SSSR count). The van der Waals surface area contributed by atoms with Crippen LogP contribution in [0.5, 0.6) is 0 Å². The minimum absolute atomic E-state index is 0.0122. The van der Waals surface area contributed by atoms with E-state index in [1.165, 1.54) is 0 Å². The van der Waals surface area contributed by atoms with Crippen molar-refractivity contribution in [3.63, 3.8) is 0 Å². The predicted molar refractivity (Wildman–Crippen MR) is 65.4 cm³/mol. The molecule has 0 radical (unpaired) electrons. The number of aliphatic carboxylic acids is 1. The number of carboxylic acids is 1. The minimum atomic E-state index is -0.829. The van der Waals surface area contributed by atoms with Crippen LogP contribution in [0.15, 0.2) is 18.3 Å². The molecular weight excluding hydrogens is 216 g/mol. The van der Waals surface area contributed by atoms with Gasteiger partial charge in [0.15, 0.2) is 0 Å². The Hall–Kier alpha value is -1.84. The van der Waals surface area contributed by atoms with E-state index in [1.807, 2.05) is 29.7 Å². The number of hydrogen-bond donors (Lipinski definition) is 1. The Morgan fingerprint density at radius 1 is 1.53 bits per heavy atom. The van der Waals surface area contributed by atoms with Crippen LogP contribution in [-0.4, -0.2) is 20.5 Å². The van der Waals surface area contributed by atoms with Crippen LogP contribution >= 0.6 is 0 Å². The lowest BCUT2D eigenvalue weighted by Gasteiger charge is -2.02. The first-order valence-corrected chi connectivity index (χ1v) is 5.69. The van der Waals surface area contributed by atoms with Crippen LogP contribution in [0.25, 0.3) is 5.65 Å². The second-order valence-corrected chi connectivity index (χ2v) is 4.53. The largest absolute Gasteiger partial charge is 0.481 e. The SMILES string of the molecule is Cc1c(C(C)C)nc2c(CC(=O)O)cccn12. The van der Waals surface area contributed by atoms with Gasteiger partial charge in [0.2, 0.25) is 0 Å². The summed E-state index contributed by atoms with van der Waals surface area (Å²) in [5, 5.41) is 8.87. The van der Waals surface area contributed by atoms with Crippen molar-refractivity contribution in [2.75, 3.05) is 0 Å². The van der Waals surface area contributed by atoms with Crippen LogP contribution in [0, 0.1) is 6.92 Å². The summed E-state index contributed by atoms with van der Waals surface area (Å²) < 4.78 is 1.97. The highest BCUT2D eigenvalue weighted by molar-refractivity contribution is 5.73. The van der Waals surface area contributed by atoms with Crippen LogP contribution < -0.4 is 0 Å². The van der Waals surface area contributed by atoms with Gasteiger partial charge in [-0.25, -0.2) is 4.98 Å². The van der Waals surface area contributed by atoms with Crippen molar-refractivity contribution in [2.45, 2.75) is 33.1 Å². The molecule has 0 fully saturated rings. The summed E-state index contributed by atoms with van der Waals surface area (Å²) in [6, 6.07) is 3.68. The molecule has 0 spiro atoms. The zero-order valence-corrected chi connectivity index (χ0v) is 10.3. The van der Waals surface area contributed by atoms with Gasteiger partial charge in [-0.3, -0.25) is 4.79 Å². The van der Waals surface area contributed by atoms with Gasteiger partial charge in [0.25, 0.3) is 0 Å². The van der Waals surface area contributed by atoms with Crippen molar-refractivity contribution >= 4 is 11.6 Å². The topological polar surface area (TPSA) is 54.6 Å². The molecule has 0 bridgehead atoms. The smallest absolute Gasteiger partial charge is 0.307 e. The molecule has 4 nitrogen and oxygen atoms in total. The summed E-state index contributed by atoms with van der Waals surface area (Å²) in [6.45, 7) is 6.19. The number of nitrogens with zero attached hydrogens (tertiary/aromatic N) is 2. The normalized spacial score (nSPS) is 11.3. The lowest BCUT2D eigenvalue weighted by atomic mass is 10.1. The third-order valence-corrected chi connectivity index (χ3v) is 2.89. The van der Waals surface area contributed by atoms with Crippen LogP contribution in [0.4, 0.5) is 0 Å². The average molecular weight is 232 g/mol. The van der Waals surface area contributed by atoms with Crippen molar-refractivity contribution in [1.82, 2.24) is 9.38 Å². The minimum Gasteiger partial charge on any atom is -0.481 e. The molecule has 0 saturated heterocycles. The van der Waals surface area contributed by atoms with E-state index in [-0.39, 0.29) is 6.42 Å². The molecule has 17 heavy (non-hydrogen) atoms. The number of hydrogen-bond acceptors (Lipinski definition) is 2. The summed E-state index contributed by atoms with van der Waals surface area (Å²) in [5.74, 6) is -0.488. The van der Waals surface area contributed by atoms with E-state index in [9.17, 15) is 4.79 Å². The Morgan fingerprint density at radius 3 is 2.82 bits per heavy atom. The van der Waals surface area contributed by atoms with Gasteiger partial charge < -0.3 is 9.51 Å². The van der Waals surface area contributed by atoms with Gasteiger partial charge >= 0.3 is 5.97 Å². The molecule has 0 aliphatic heterocycles. The zero-order valence-electron chi connectivity index (χ0n) is 10.3. The van der Waals surface area contributed by atoms with Gasteiger partial charge in [0.05, 0.1) is 12.1 Å². The molecule has 0 aromatic carbocycles. The molecule has 0 saturated carbocycles. The number of rotatable bonds is 3. The lowest BCUT2D eigenvalue weighted by Crippen LogP contribution is -2.02. The van der Waals surface area contributed by atoms with Crippen molar-refractivity contribution in [2.24, 2.45) is 0 Å². The average Bonchev–Trinajstić information content (AvgIpc) is 2.57. The maximum Gasteiger partial charge on any atom is 0.307 e. The van der Waals surface area contributed by atoms with Gasteiger partial charge in [-0.05, 0) is 18.9 Å². The third-order valence-electron chi connectivity index (χ3n) is 2.89. The third kappa shape index (κ3) is 2.02. The molecular formula is C13H16N2O2. The summed E-state index contributed by atoms with van der Waals surface area (Å²) in [6.07, 6.45) is 1.94. The molecule has 4 heteroatoms. The molecule has 90 valence electrons. The molecule has 2 heterocycles. The quantitative estimate of drug-likeness (QED) is 0.884. The number of imidazole rings is 1. The van der Waals surface area contributed by atoms with E-state index in [1.54, 1.807) is 0 Å². The van der Waals surface area contributed by atoms with Crippen molar-refractivity contribution in [1.29, 1.82) is 0 Å². The first-order chi connectivity index (χ1) is 8.00. The van der Waals surface area contributed by atoms with E-state index >= 15 is 0 Å². The number of carbonyl (C=O) groups is 1. The molecule has 1 N–H and O–H groups in total. The van der Waals surface area contributed by atoms with Gasteiger partial charge in [0.1, 0.15) is 5.65 Å². The second kappa shape index (κ2) is 4.20. The maximum absolute atomic E-state index is 10.8. The molecule has 2 aromatic heterocycles. The van der Waals surface area contributed by atoms with Crippen molar-refractivity contribution in [3.05, 3.63) is 35.3 Å². The van der Waals surface area contributed by atoms with Gasteiger partial charge in [-0.2, -0.15) is 0 Å². The molecule has 0 aliphatic rings. The summed E-state index contributed by atoms with van der Waals surface area (Å²) in [5.41, 5.74) is 3.64. The molecule has 0 unspecified atom stereocenters. The Morgan fingerprint density at radius 2 is 2.24 bits per heavy atom. The van der Waals surface area contributed by atoms with E-state index in [0.717, 1.165) is 22.6 Å². The fourth-order valence-corrected chi connectivity index (χ4v) is 2.11. The van der Waals surface area contributed by atoms with Crippen LogP contribution in [0.1, 0.15) is 36.7 Å². The highest BCUT2D eigenvalue weighted by Crippen LogP contribution is 2.22. The summed E-state index contributed by atoms with van der Waals surface area (Å²) >= 11 is 0.